The van der Waals surface area contributed by atoms with Crippen LogP contribution in [0, 0.1) is 10.1 Å². The second-order valence-electron chi connectivity index (χ2n) is 3.19. The maximum absolute atomic E-state index is 10.7. The van der Waals surface area contributed by atoms with E-state index in [1.54, 1.807) is 19.3 Å². The number of hydrogen-bond acceptors (Lipinski definition) is 5. The number of nitrogens with two attached hydrogens (primary N) is 1. The Morgan fingerprint density at radius 3 is 3.00 bits per heavy atom. The molecule has 0 aliphatic heterocycles. The van der Waals surface area contributed by atoms with E-state index in [9.17, 15) is 10.1 Å². The second kappa shape index (κ2) is 5.26. The quantitative estimate of drug-likeness (QED) is 0.573. The second-order valence-corrected chi connectivity index (χ2v) is 3.19. The summed E-state index contributed by atoms with van der Waals surface area (Å²) in [4.78, 5) is 15.8. The molecule has 0 aliphatic carbocycles. The molecule has 1 aromatic rings. The number of aromatic nitrogens is 1. The van der Waals surface area contributed by atoms with Crippen molar-refractivity contribution in [3.8, 4) is 0 Å². The number of pyridine rings is 1. The lowest BCUT2D eigenvalue weighted by atomic mass is 10.3. The number of rotatable bonds is 5. The summed E-state index contributed by atoms with van der Waals surface area (Å²) in [6.45, 7) is 1.27. The Morgan fingerprint density at radius 2 is 2.40 bits per heavy atom. The Balaban J connectivity index is 2.87. The zero-order valence-electron chi connectivity index (χ0n) is 8.59. The highest BCUT2D eigenvalue weighted by Gasteiger charge is 2.15. The van der Waals surface area contributed by atoms with Gasteiger partial charge < -0.3 is 10.6 Å². The SMILES string of the molecule is CN(CCCN)c1ccncc1[N+](=O)[O-]. The fourth-order valence-corrected chi connectivity index (χ4v) is 1.29. The van der Waals surface area contributed by atoms with Gasteiger partial charge in [-0.3, -0.25) is 15.1 Å². The Kier molecular flexibility index (Phi) is 3.99. The minimum atomic E-state index is -0.429. The van der Waals surface area contributed by atoms with E-state index in [0.717, 1.165) is 6.42 Å². The van der Waals surface area contributed by atoms with Crippen LogP contribution in [0.4, 0.5) is 11.4 Å². The summed E-state index contributed by atoms with van der Waals surface area (Å²) >= 11 is 0. The van der Waals surface area contributed by atoms with E-state index in [1.807, 2.05) is 4.90 Å². The molecule has 2 N–H and O–H groups in total. The van der Waals surface area contributed by atoms with Gasteiger partial charge in [-0.25, -0.2) is 0 Å². The van der Waals surface area contributed by atoms with Gasteiger partial charge in [0.25, 0.3) is 0 Å². The van der Waals surface area contributed by atoms with Gasteiger partial charge in [0.15, 0.2) is 0 Å². The lowest BCUT2D eigenvalue weighted by molar-refractivity contribution is -0.384. The van der Waals surface area contributed by atoms with Crippen LogP contribution in [0.3, 0.4) is 0 Å². The predicted octanol–water partition coefficient (Wildman–Crippen LogP) is 0.775. The lowest BCUT2D eigenvalue weighted by Gasteiger charge is -2.17. The fraction of sp³-hybridized carbons (Fsp3) is 0.444. The van der Waals surface area contributed by atoms with Gasteiger partial charge in [0.1, 0.15) is 11.9 Å². The van der Waals surface area contributed by atoms with Crippen LogP contribution in [-0.4, -0.2) is 30.0 Å². The first-order valence-electron chi connectivity index (χ1n) is 4.66. The molecule has 0 saturated heterocycles. The van der Waals surface area contributed by atoms with Crippen LogP contribution in [0.1, 0.15) is 6.42 Å². The number of anilines is 1. The van der Waals surface area contributed by atoms with Crippen LogP contribution in [0.2, 0.25) is 0 Å². The van der Waals surface area contributed by atoms with Gasteiger partial charge in [-0.05, 0) is 19.0 Å². The minimum Gasteiger partial charge on any atom is -0.369 e. The molecular formula is C9H14N4O2. The Morgan fingerprint density at radius 1 is 1.67 bits per heavy atom. The smallest absolute Gasteiger partial charge is 0.310 e. The highest BCUT2D eigenvalue weighted by molar-refractivity contribution is 5.61. The molecule has 82 valence electrons. The predicted molar refractivity (Wildman–Crippen MR) is 57.8 cm³/mol. The monoisotopic (exact) mass is 210 g/mol. The van der Waals surface area contributed by atoms with E-state index in [0.29, 0.717) is 18.8 Å². The molecule has 6 nitrogen and oxygen atoms in total. The lowest BCUT2D eigenvalue weighted by Crippen LogP contribution is -2.21. The van der Waals surface area contributed by atoms with Crippen molar-refractivity contribution in [3.05, 3.63) is 28.6 Å². The standard InChI is InChI=1S/C9H14N4O2/c1-12(6-2-4-10)8-3-5-11-7-9(8)13(14)15/h3,5,7H,2,4,6,10H2,1H3. The van der Waals surface area contributed by atoms with Gasteiger partial charge in [0.2, 0.25) is 0 Å². The Labute approximate surface area is 87.9 Å². The zero-order valence-corrected chi connectivity index (χ0v) is 8.59. The van der Waals surface area contributed by atoms with Crippen LogP contribution in [-0.2, 0) is 0 Å². The molecule has 6 heteroatoms. The van der Waals surface area contributed by atoms with Gasteiger partial charge in [0, 0.05) is 19.8 Å². The Bertz CT molecular complexity index is 343. The molecule has 1 aromatic heterocycles. The van der Waals surface area contributed by atoms with Crippen molar-refractivity contribution in [2.24, 2.45) is 5.73 Å². The van der Waals surface area contributed by atoms with Crippen molar-refractivity contribution in [1.82, 2.24) is 4.98 Å². The van der Waals surface area contributed by atoms with E-state index in [1.165, 1.54) is 6.20 Å². The summed E-state index contributed by atoms with van der Waals surface area (Å²) in [6, 6.07) is 1.63. The summed E-state index contributed by atoms with van der Waals surface area (Å²) in [5, 5.41) is 10.7. The topological polar surface area (TPSA) is 85.3 Å². The van der Waals surface area contributed by atoms with Crippen LogP contribution < -0.4 is 10.6 Å². The normalized spacial score (nSPS) is 10.0. The third kappa shape index (κ3) is 2.88. The molecule has 1 heterocycles. The van der Waals surface area contributed by atoms with Crippen molar-refractivity contribution >= 4 is 11.4 Å². The van der Waals surface area contributed by atoms with Crippen LogP contribution in [0.25, 0.3) is 0 Å². The first kappa shape index (κ1) is 11.4. The maximum atomic E-state index is 10.7. The van der Waals surface area contributed by atoms with E-state index in [4.69, 9.17) is 5.73 Å². The molecule has 0 unspecified atom stereocenters. The van der Waals surface area contributed by atoms with E-state index < -0.39 is 4.92 Å². The average molecular weight is 210 g/mol. The van der Waals surface area contributed by atoms with E-state index in [2.05, 4.69) is 4.98 Å². The van der Waals surface area contributed by atoms with Crippen molar-refractivity contribution in [3.63, 3.8) is 0 Å². The molecule has 0 aromatic carbocycles. The Hall–Kier alpha value is -1.69. The first-order valence-corrected chi connectivity index (χ1v) is 4.66. The number of nitrogens with zero attached hydrogens (tertiary/aromatic N) is 3. The summed E-state index contributed by atoms with van der Waals surface area (Å²) in [5.74, 6) is 0. The summed E-state index contributed by atoms with van der Waals surface area (Å²) in [5.41, 5.74) is 5.98. The van der Waals surface area contributed by atoms with Crippen LogP contribution in [0.5, 0.6) is 0 Å². The highest BCUT2D eigenvalue weighted by atomic mass is 16.6. The van der Waals surface area contributed by atoms with Gasteiger partial charge >= 0.3 is 5.69 Å². The third-order valence-corrected chi connectivity index (χ3v) is 2.08. The van der Waals surface area contributed by atoms with Crippen molar-refractivity contribution < 1.29 is 4.92 Å². The molecule has 0 amide bonds. The van der Waals surface area contributed by atoms with E-state index in [-0.39, 0.29) is 5.69 Å². The van der Waals surface area contributed by atoms with Gasteiger partial charge in [-0.2, -0.15) is 0 Å². The minimum absolute atomic E-state index is 0.0250. The molecule has 0 atom stereocenters. The summed E-state index contributed by atoms with van der Waals surface area (Å²) in [7, 11) is 1.80. The van der Waals surface area contributed by atoms with Crippen molar-refractivity contribution in [2.45, 2.75) is 6.42 Å². The molecule has 1 rings (SSSR count). The summed E-state index contributed by atoms with van der Waals surface area (Å²) in [6.07, 6.45) is 3.60. The van der Waals surface area contributed by atoms with Crippen LogP contribution in [0.15, 0.2) is 18.5 Å². The largest absolute Gasteiger partial charge is 0.369 e. The first-order chi connectivity index (χ1) is 7.16. The zero-order chi connectivity index (χ0) is 11.3. The molecule has 0 saturated carbocycles. The average Bonchev–Trinajstić information content (AvgIpc) is 2.25. The fourth-order valence-electron chi connectivity index (χ4n) is 1.29. The van der Waals surface area contributed by atoms with Crippen LogP contribution >= 0.6 is 0 Å². The molecule has 15 heavy (non-hydrogen) atoms. The maximum Gasteiger partial charge on any atom is 0.310 e. The van der Waals surface area contributed by atoms with Gasteiger partial charge in [0.05, 0.1) is 4.92 Å². The van der Waals surface area contributed by atoms with Crippen molar-refractivity contribution in [1.29, 1.82) is 0 Å². The molecule has 0 fully saturated rings. The third-order valence-electron chi connectivity index (χ3n) is 2.08. The van der Waals surface area contributed by atoms with Gasteiger partial charge in [-0.1, -0.05) is 0 Å². The molecular weight excluding hydrogens is 196 g/mol. The molecule has 0 radical (unpaired) electrons. The molecule has 0 spiro atoms. The highest BCUT2D eigenvalue weighted by Crippen LogP contribution is 2.25. The number of hydrogen-bond donors (Lipinski definition) is 1. The van der Waals surface area contributed by atoms with E-state index >= 15 is 0 Å². The molecule has 0 aliphatic rings. The summed E-state index contributed by atoms with van der Waals surface area (Å²) < 4.78 is 0. The van der Waals surface area contributed by atoms with Gasteiger partial charge in [-0.15, -0.1) is 0 Å². The van der Waals surface area contributed by atoms with Crippen molar-refractivity contribution in [2.75, 3.05) is 25.0 Å². The molecule has 0 bridgehead atoms. The number of nitro groups is 1.